The van der Waals surface area contributed by atoms with E-state index in [-0.39, 0.29) is 12.5 Å². The molecule has 1 aliphatic rings. The Hall–Kier alpha value is -0.650. The van der Waals surface area contributed by atoms with Crippen molar-refractivity contribution in [3.63, 3.8) is 0 Å². The van der Waals surface area contributed by atoms with Gasteiger partial charge >= 0.3 is 5.97 Å². The van der Waals surface area contributed by atoms with Gasteiger partial charge < -0.3 is 15.6 Å². The van der Waals surface area contributed by atoms with Crippen LogP contribution in [0.15, 0.2) is 0 Å². The molecular formula is C10H20N2O3. The second-order valence-corrected chi connectivity index (χ2v) is 3.87. The number of carbonyl (C=O) groups is 1. The third-order valence-electron chi connectivity index (χ3n) is 2.57. The highest BCUT2D eigenvalue weighted by atomic mass is 16.5. The zero-order chi connectivity index (χ0) is 11.1. The molecule has 1 saturated heterocycles. The lowest BCUT2D eigenvalue weighted by Gasteiger charge is -2.23. The number of carboxylic acids is 1. The molecule has 0 aliphatic carbocycles. The summed E-state index contributed by atoms with van der Waals surface area (Å²) in [7, 11) is 0. The van der Waals surface area contributed by atoms with E-state index in [0.717, 1.165) is 32.5 Å². The summed E-state index contributed by atoms with van der Waals surface area (Å²) in [4.78, 5) is 12.5. The van der Waals surface area contributed by atoms with Gasteiger partial charge in [0.05, 0.1) is 12.5 Å². The number of carboxylic acid groups (broad SMARTS) is 1. The molecule has 0 bridgehead atoms. The molecule has 0 spiro atoms. The Morgan fingerprint density at radius 3 is 2.87 bits per heavy atom. The van der Waals surface area contributed by atoms with Crippen LogP contribution in [0.25, 0.3) is 0 Å². The van der Waals surface area contributed by atoms with Crippen molar-refractivity contribution in [1.82, 2.24) is 4.90 Å². The van der Waals surface area contributed by atoms with Gasteiger partial charge in [-0.2, -0.15) is 0 Å². The largest absolute Gasteiger partial charge is 0.481 e. The molecule has 88 valence electrons. The van der Waals surface area contributed by atoms with Crippen LogP contribution >= 0.6 is 0 Å². The minimum atomic E-state index is -0.760. The number of rotatable bonds is 7. The van der Waals surface area contributed by atoms with Crippen LogP contribution in [-0.2, 0) is 9.53 Å². The first-order valence-electron chi connectivity index (χ1n) is 5.48. The van der Waals surface area contributed by atoms with Gasteiger partial charge in [0, 0.05) is 32.8 Å². The van der Waals surface area contributed by atoms with E-state index >= 15 is 0 Å². The summed E-state index contributed by atoms with van der Waals surface area (Å²) >= 11 is 0. The van der Waals surface area contributed by atoms with Crippen molar-refractivity contribution in [2.24, 2.45) is 5.73 Å². The third kappa shape index (κ3) is 5.11. The minimum absolute atomic E-state index is 0.173. The van der Waals surface area contributed by atoms with Crippen LogP contribution in [0.4, 0.5) is 0 Å². The maximum atomic E-state index is 10.5. The van der Waals surface area contributed by atoms with Crippen molar-refractivity contribution in [3.8, 4) is 0 Å². The molecule has 5 nitrogen and oxygen atoms in total. The Kier molecular flexibility index (Phi) is 5.60. The van der Waals surface area contributed by atoms with E-state index in [1.807, 2.05) is 0 Å². The molecule has 0 aromatic rings. The van der Waals surface area contributed by atoms with Crippen LogP contribution in [0.5, 0.6) is 0 Å². The van der Waals surface area contributed by atoms with Gasteiger partial charge in [0.1, 0.15) is 0 Å². The van der Waals surface area contributed by atoms with E-state index in [9.17, 15) is 4.79 Å². The zero-order valence-corrected chi connectivity index (χ0v) is 9.02. The van der Waals surface area contributed by atoms with Crippen molar-refractivity contribution in [3.05, 3.63) is 0 Å². The van der Waals surface area contributed by atoms with Gasteiger partial charge in [-0.1, -0.05) is 0 Å². The molecule has 0 aromatic heterocycles. The highest BCUT2D eigenvalue weighted by Gasteiger charge is 2.19. The highest BCUT2D eigenvalue weighted by Crippen LogP contribution is 2.13. The molecule has 1 heterocycles. The Morgan fingerprint density at radius 2 is 2.33 bits per heavy atom. The Morgan fingerprint density at radius 1 is 1.53 bits per heavy atom. The van der Waals surface area contributed by atoms with Gasteiger partial charge in [-0.15, -0.1) is 0 Å². The molecule has 1 atom stereocenters. The quantitative estimate of drug-likeness (QED) is 0.621. The third-order valence-corrected chi connectivity index (χ3v) is 2.57. The molecule has 3 N–H and O–H groups in total. The number of hydrogen-bond acceptors (Lipinski definition) is 4. The SMILES string of the molecule is NCCN(CCC(=O)O)CC1CCCO1. The highest BCUT2D eigenvalue weighted by molar-refractivity contribution is 5.66. The lowest BCUT2D eigenvalue weighted by atomic mass is 10.2. The van der Waals surface area contributed by atoms with E-state index in [1.54, 1.807) is 0 Å². The van der Waals surface area contributed by atoms with Crippen molar-refractivity contribution in [1.29, 1.82) is 0 Å². The summed E-state index contributed by atoms with van der Waals surface area (Å²) in [6.45, 7) is 3.51. The predicted molar refractivity (Wildman–Crippen MR) is 56.7 cm³/mol. The summed E-state index contributed by atoms with van der Waals surface area (Å²) in [5, 5.41) is 8.60. The normalized spacial score (nSPS) is 21.1. The van der Waals surface area contributed by atoms with Gasteiger partial charge in [0.15, 0.2) is 0 Å². The standard InChI is InChI=1S/C10H20N2O3/c11-4-6-12(5-3-10(13)14)8-9-2-1-7-15-9/h9H,1-8,11H2,(H,13,14). The Bertz CT molecular complexity index is 193. The van der Waals surface area contributed by atoms with Gasteiger partial charge in [-0.3, -0.25) is 9.69 Å². The van der Waals surface area contributed by atoms with Crippen LogP contribution < -0.4 is 5.73 Å². The van der Waals surface area contributed by atoms with Gasteiger partial charge in [0.25, 0.3) is 0 Å². The first-order chi connectivity index (χ1) is 7.22. The fourth-order valence-electron chi connectivity index (χ4n) is 1.81. The molecule has 15 heavy (non-hydrogen) atoms. The Balaban J connectivity index is 2.25. The van der Waals surface area contributed by atoms with E-state index in [1.165, 1.54) is 0 Å². The number of nitrogens with zero attached hydrogens (tertiary/aromatic N) is 1. The fraction of sp³-hybridized carbons (Fsp3) is 0.900. The van der Waals surface area contributed by atoms with Gasteiger partial charge in [0.2, 0.25) is 0 Å². The van der Waals surface area contributed by atoms with E-state index in [4.69, 9.17) is 15.6 Å². The number of aliphatic carboxylic acids is 1. The zero-order valence-electron chi connectivity index (χ0n) is 9.02. The summed E-state index contributed by atoms with van der Waals surface area (Å²) < 4.78 is 5.51. The van der Waals surface area contributed by atoms with Gasteiger partial charge in [-0.05, 0) is 12.8 Å². The number of hydrogen-bond donors (Lipinski definition) is 2. The monoisotopic (exact) mass is 216 g/mol. The molecule has 0 radical (unpaired) electrons. The molecule has 1 fully saturated rings. The summed E-state index contributed by atoms with van der Waals surface area (Å²) in [5.74, 6) is -0.760. The van der Waals surface area contributed by atoms with Crippen LogP contribution in [0.2, 0.25) is 0 Å². The minimum Gasteiger partial charge on any atom is -0.481 e. The fourth-order valence-corrected chi connectivity index (χ4v) is 1.81. The number of ether oxygens (including phenoxy) is 1. The Labute approximate surface area is 90.2 Å². The smallest absolute Gasteiger partial charge is 0.304 e. The molecule has 0 saturated carbocycles. The van der Waals surface area contributed by atoms with Crippen LogP contribution in [0.1, 0.15) is 19.3 Å². The molecular weight excluding hydrogens is 196 g/mol. The lowest BCUT2D eigenvalue weighted by Crippen LogP contribution is -2.37. The first-order valence-corrected chi connectivity index (χ1v) is 5.48. The topological polar surface area (TPSA) is 75.8 Å². The average Bonchev–Trinajstić information content (AvgIpc) is 2.67. The van der Waals surface area contributed by atoms with Crippen molar-refractivity contribution in [2.75, 3.05) is 32.8 Å². The van der Waals surface area contributed by atoms with Gasteiger partial charge in [-0.25, -0.2) is 0 Å². The molecule has 0 amide bonds. The van der Waals surface area contributed by atoms with Crippen LogP contribution in [-0.4, -0.2) is 54.9 Å². The molecule has 1 aliphatic heterocycles. The van der Waals surface area contributed by atoms with Crippen molar-refractivity contribution < 1.29 is 14.6 Å². The molecule has 1 unspecified atom stereocenters. The molecule has 1 rings (SSSR count). The second-order valence-electron chi connectivity index (χ2n) is 3.87. The average molecular weight is 216 g/mol. The van der Waals surface area contributed by atoms with E-state index < -0.39 is 5.97 Å². The van der Waals surface area contributed by atoms with E-state index in [2.05, 4.69) is 4.90 Å². The van der Waals surface area contributed by atoms with Crippen LogP contribution in [0, 0.1) is 0 Å². The lowest BCUT2D eigenvalue weighted by molar-refractivity contribution is -0.137. The van der Waals surface area contributed by atoms with Crippen LogP contribution in [0.3, 0.4) is 0 Å². The summed E-state index contributed by atoms with van der Waals surface area (Å²) in [6, 6.07) is 0. The maximum absolute atomic E-state index is 10.5. The summed E-state index contributed by atoms with van der Waals surface area (Å²) in [5.41, 5.74) is 5.48. The second kappa shape index (κ2) is 6.76. The van der Waals surface area contributed by atoms with Crippen molar-refractivity contribution >= 4 is 5.97 Å². The predicted octanol–water partition coefficient (Wildman–Crippen LogP) is -0.0992. The first kappa shape index (κ1) is 12.4. The molecule has 5 heteroatoms. The number of nitrogens with two attached hydrogens (primary N) is 1. The van der Waals surface area contributed by atoms with E-state index in [0.29, 0.717) is 13.1 Å². The molecule has 0 aromatic carbocycles. The van der Waals surface area contributed by atoms with Crippen molar-refractivity contribution in [2.45, 2.75) is 25.4 Å². The maximum Gasteiger partial charge on any atom is 0.304 e. The summed E-state index contributed by atoms with van der Waals surface area (Å²) in [6.07, 6.45) is 2.63.